The SMILES string of the molecule is O=C(CCc1ccc(F)cc1)Nc1ccccc1N1CCc2sccc2C1. The Labute approximate surface area is 162 Å². The molecule has 1 aliphatic rings. The molecule has 1 N–H and O–H groups in total. The van der Waals surface area contributed by atoms with E-state index in [1.54, 1.807) is 12.1 Å². The lowest BCUT2D eigenvalue weighted by Gasteiger charge is -2.30. The highest BCUT2D eigenvalue weighted by Crippen LogP contribution is 2.32. The Morgan fingerprint density at radius 3 is 2.78 bits per heavy atom. The minimum atomic E-state index is -0.257. The molecule has 0 radical (unpaired) electrons. The second-order valence-corrected chi connectivity index (χ2v) is 7.73. The molecule has 0 spiro atoms. The fourth-order valence-electron chi connectivity index (χ4n) is 3.43. The third-order valence-electron chi connectivity index (χ3n) is 4.88. The van der Waals surface area contributed by atoms with Gasteiger partial charge in [-0.2, -0.15) is 0 Å². The summed E-state index contributed by atoms with van der Waals surface area (Å²) in [5.41, 5.74) is 4.24. The van der Waals surface area contributed by atoms with Crippen LogP contribution in [0.1, 0.15) is 22.4 Å². The number of benzene rings is 2. The van der Waals surface area contributed by atoms with E-state index in [0.717, 1.165) is 36.4 Å². The van der Waals surface area contributed by atoms with Gasteiger partial charge >= 0.3 is 0 Å². The van der Waals surface area contributed by atoms with E-state index in [4.69, 9.17) is 0 Å². The van der Waals surface area contributed by atoms with E-state index in [2.05, 4.69) is 27.7 Å². The van der Waals surface area contributed by atoms with Gasteiger partial charge in [-0.1, -0.05) is 24.3 Å². The molecule has 3 nitrogen and oxygen atoms in total. The monoisotopic (exact) mass is 380 g/mol. The van der Waals surface area contributed by atoms with Gasteiger partial charge in [0.1, 0.15) is 5.82 Å². The number of hydrogen-bond acceptors (Lipinski definition) is 3. The van der Waals surface area contributed by atoms with Crippen molar-refractivity contribution in [1.82, 2.24) is 0 Å². The zero-order valence-electron chi connectivity index (χ0n) is 15.0. The predicted octanol–water partition coefficient (Wildman–Crippen LogP) is 5.02. The summed E-state index contributed by atoms with van der Waals surface area (Å²) in [5.74, 6) is -0.285. The number of nitrogens with one attached hydrogen (secondary N) is 1. The molecule has 4 rings (SSSR count). The van der Waals surface area contributed by atoms with Gasteiger partial charge in [0.25, 0.3) is 0 Å². The average molecular weight is 380 g/mol. The Bertz CT molecular complexity index is 935. The summed E-state index contributed by atoms with van der Waals surface area (Å²) in [4.78, 5) is 16.2. The lowest BCUT2D eigenvalue weighted by molar-refractivity contribution is -0.116. The van der Waals surface area contributed by atoms with Gasteiger partial charge in [-0.3, -0.25) is 4.79 Å². The third kappa shape index (κ3) is 4.19. The summed E-state index contributed by atoms with van der Waals surface area (Å²) in [5, 5.41) is 5.21. The molecule has 1 amide bonds. The summed E-state index contributed by atoms with van der Waals surface area (Å²) in [6, 6.07) is 16.5. The zero-order chi connectivity index (χ0) is 18.6. The number of aryl methyl sites for hydroxylation is 1. The summed E-state index contributed by atoms with van der Waals surface area (Å²) in [7, 11) is 0. The quantitative estimate of drug-likeness (QED) is 0.674. The van der Waals surface area contributed by atoms with Crippen LogP contribution in [0.15, 0.2) is 60.0 Å². The first kappa shape index (κ1) is 17.7. The van der Waals surface area contributed by atoms with Gasteiger partial charge in [-0.15, -0.1) is 11.3 Å². The number of para-hydroxylation sites is 2. The highest BCUT2D eigenvalue weighted by atomic mass is 32.1. The van der Waals surface area contributed by atoms with E-state index in [9.17, 15) is 9.18 Å². The molecule has 0 bridgehead atoms. The Balaban J connectivity index is 1.42. The zero-order valence-corrected chi connectivity index (χ0v) is 15.8. The van der Waals surface area contributed by atoms with Crippen molar-refractivity contribution in [2.45, 2.75) is 25.8 Å². The van der Waals surface area contributed by atoms with Crippen LogP contribution >= 0.6 is 11.3 Å². The van der Waals surface area contributed by atoms with Gasteiger partial charge in [0.05, 0.1) is 11.4 Å². The fraction of sp³-hybridized carbons (Fsp3) is 0.227. The molecule has 2 aromatic carbocycles. The van der Waals surface area contributed by atoms with E-state index in [-0.39, 0.29) is 11.7 Å². The Morgan fingerprint density at radius 2 is 1.93 bits per heavy atom. The average Bonchev–Trinajstić information content (AvgIpc) is 3.16. The third-order valence-corrected chi connectivity index (χ3v) is 5.90. The van der Waals surface area contributed by atoms with Crippen LogP contribution < -0.4 is 10.2 Å². The van der Waals surface area contributed by atoms with E-state index >= 15 is 0 Å². The maximum absolute atomic E-state index is 13.0. The molecule has 1 aliphatic heterocycles. The van der Waals surface area contributed by atoms with Gasteiger partial charge in [0.15, 0.2) is 0 Å². The minimum Gasteiger partial charge on any atom is -0.365 e. The van der Waals surface area contributed by atoms with Gasteiger partial charge in [0, 0.05) is 24.4 Å². The molecule has 0 unspecified atom stereocenters. The molecule has 0 atom stereocenters. The van der Waals surface area contributed by atoms with Crippen molar-refractivity contribution < 1.29 is 9.18 Å². The van der Waals surface area contributed by atoms with Crippen molar-refractivity contribution in [1.29, 1.82) is 0 Å². The number of halogens is 1. The second kappa shape index (κ2) is 7.92. The molecule has 5 heteroatoms. The number of carbonyl (C=O) groups is 1. The molecule has 0 saturated heterocycles. The van der Waals surface area contributed by atoms with Crippen LogP contribution in [0.4, 0.5) is 15.8 Å². The molecule has 0 fully saturated rings. The van der Waals surface area contributed by atoms with Crippen molar-refractivity contribution in [2.75, 3.05) is 16.8 Å². The summed E-state index contributed by atoms with van der Waals surface area (Å²) in [6.45, 7) is 1.83. The van der Waals surface area contributed by atoms with Crippen LogP contribution in [0, 0.1) is 5.82 Å². The van der Waals surface area contributed by atoms with Gasteiger partial charge in [-0.25, -0.2) is 4.39 Å². The highest BCUT2D eigenvalue weighted by Gasteiger charge is 2.20. The van der Waals surface area contributed by atoms with Gasteiger partial charge < -0.3 is 10.2 Å². The lowest BCUT2D eigenvalue weighted by atomic mass is 10.1. The van der Waals surface area contributed by atoms with Crippen molar-refractivity contribution >= 4 is 28.6 Å². The van der Waals surface area contributed by atoms with Crippen LogP contribution in [0.5, 0.6) is 0 Å². The first-order valence-electron chi connectivity index (χ1n) is 9.12. The second-order valence-electron chi connectivity index (χ2n) is 6.73. The van der Waals surface area contributed by atoms with E-state index in [0.29, 0.717) is 12.8 Å². The van der Waals surface area contributed by atoms with Gasteiger partial charge in [-0.05, 0) is 59.7 Å². The van der Waals surface area contributed by atoms with Crippen molar-refractivity contribution in [3.05, 3.63) is 81.8 Å². The van der Waals surface area contributed by atoms with Crippen LogP contribution in [-0.2, 0) is 24.2 Å². The van der Waals surface area contributed by atoms with Crippen LogP contribution in [-0.4, -0.2) is 12.5 Å². The largest absolute Gasteiger partial charge is 0.365 e. The Kier molecular flexibility index (Phi) is 5.21. The van der Waals surface area contributed by atoms with Gasteiger partial charge in [0.2, 0.25) is 5.91 Å². The maximum atomic E-state index is 13.0. The normalized spacial score (nSPS) is 13.3. The number of rotatable bonds is 5. The lowest BCUT2D eigenvalue weighted by Crippen LogP contribution is -2.30. The van der Waals surface area contributed by atoms with E-state index < -0.39 is 0 Å². The fourth-order valence-corrected chi connectivity index (χ4v) is 4.32. The molecule has 27 heavy (non-hydrogen) atoms. The van der Waals surface area contributed by atoms with Crippen molar-refractivity contribution in [3.8, 4) is 0 Å². The number of fused-ring (bicyclic) bond motifs is 1. The predicted molar refractivity (Wildman–Crippen MR) is 109 cm³/mol. The Hall–Kier alpha value is -2.66. The Morgan fingerprint density at radius 1 is 1.11 bits per heavy atom. The first-order valence-corrected chi connectivity index (χ1v) is 10.0. The summed E-state index contributed by atoms with van der Waals surface area (Å²) >= 11 is 1.82. The van der Waals surface area contributed by atoms with Crippen molar-refractivity contribution in [2.24, 2.45) is 0 Å². The molecule has 1 aromatic heterocycles. The molecule has 0 saturated carbocycles. The topological polar surface area (TPSA) is 32.3 Å². The number of nitrogens with zero attached hydrogens (tertiary/aromatic N) is 1. The maximum Gasteiger partial charge on any atom is 0.224 e. The summed E-state index contributed by atoms with van der Waals surface area (Å²) in [6.07, 6.45) is 2.00. The molecule has 2 heterocycles. The molecule has 3 aromatic rings. The van der Waals surface area contributed by atoms with Crippen LogP contribution in [0.3, 0.4) is 0 Å². The molecule has 138 valence electrons. The standard InChI is InChI=1S/C22H21FN2OS/c23-18-8-5-16(6-9-18)7-10-22(26)24-19-3-1-2-4-20(19)25-13-11-21-17(15-25)12-14-27-21/h1-6,8-9,12,14H,7,10-11,13,15H2,(H,24,26). The molecule has 0 aliphatic carbocycles. The highest BCUT2D eigenvalue weighted by molar-refractivity contribution is 7.10. The number of thiophene rings is 1. The molecular formula is C22H21FN2OS. The molecular weight excluding hydrogens is 359 g/mol. The number of hydrogen-bond donors (Lipinski definition) is 1. The number of amides is 1. The van der Waals surface area contributed by atoms with Crippen LogP contribution in [0.25, 0.3) is 0 Å². The van der Waals surface area contributed by atoms with Crippen LogP contribution in [0.2, 0.25) is 0 Å². The summed E-state index contributed by atoms with van der Waals surface area (Å²) < 4.78 is 13.0. The number of anilines is 2. The number of carbonyl (C=O) groups excluding carboxylic acids is 1. The van der Waals surface area contributed by atoms with E-state index in [1.165, 1.54) is 22.6 Å². The smallest absolute Gasteiger partial charge is 0.224 e. The van der Waals surface area contributed by atoms with Crippen molar-refractivity contribution in [3.63, 3.8) is 0 Å². The minimum absolute atomic E-state index is 0.0278. The first-order chi connectivity index (χ1) is 13.2. The van der Waals surface area contributed by atoms with E-state index in [1.807, 2.05) is 29.5 Å².